The largest absolute Gasteiger partial charge is 0.489 e. The molecule has 4 rings (SSSR count). The van der Waals surface area contributed by atoms with Crippen LogP contribution in [0.25, 0.3) is 0 Å². The molecule has 2 aromatic carbocycles. The molecular weight excluding hydrogens is 350 g/mol. The molecule has 0 aromatic heterocycles. The summed E-state index contributed by atoms with van der Waals surface area (Å²) in [6, 6.07) is 17.7. The lowest BCUT2D eigenvalue weighted by Gasteiger charge is -2.38. The van der Waals surface area contributed by atoms with Crippen molar-refractivity contribution in [3.05, 3.63) is 77.0 Å². The molecule has 4 nitrogen and oxygen atoms in total. The van der Waals surface area contributed by atoms with Crippen molar-refractivity contribution in [2.75, 3.05) is 0 Å². The van der Waals surface area contributed by atoms with Crippen LogP contribution in [0.2, 0.25) is 0 Å². The molecule has 4 heteroatoms. The summed E-state index contributed by atoms with van der Waals surface area (Å²) in [7, 11) is 0. The van der Waals surface area contributed by atoms with Crippen LogP contribution >= 0.6 is 0 Å². The van der Waals surface area contributed by atoms with E-state index < -0.39 is 0 Å². The molecule has 2 aliphatic rings. The highest BCUT2D eigenvalue weighted by atomic mass is 16.5. The number of ether oxygens (including phenoxy) is 1. The zero-order chi connectivity index (χ0) is 19.7. The minimum absolute atomic E-state index is 0.0351. The van der Waals surface area contributed by atoms with Gasteiger partial charge in [0.2, 0.25) is 5.91 Å². The molecule has 0 unspecified atom stereocenters. The number of benzene rings is 2. The van der Waals surface area contributed by atoms with Gasteiger partial charge in [0.25, 0.3) is 0 Å². The fourth-order valence-corrected chi connectivity index (χ4v) is 4.26. The van der Waals surface area contributed by atoms with Crippen LogP contribution in [0.15, 0.2) is 65.9 Å². The summed E-state index contributed by atoms with van der Waals surface area (Å²) in [6.45, 7) is 4.59. The van der Waals surface area contributed by atoms with E-state index in [2.05, 4.69) is 19.2 Å². The van der Waals surface area contributed by atoms with Crippen molar-refractivity contribution in [3.63, 3.8) is 0 Å². The molecule has 0 saturated heterocycles. The molecule has 0 bridgehead atoms. The fourth-order valence-electron chi connectivity index (χ4n) is 4.26. The SMILES string of the molecule is CC1(C)CC(=O)C2=C(C1)NC(=O)C[C@@H]2c1ccccc1OCc1ccccc1. The predicted octanol–water partition coefficient (Wildman–Crippen LogP) is 4.51. The molecule has 1 amide bonds. The van der Waals surface area contributed by atoms with Crippen molar-refractivity contribution >= 4 is 11.7 Å². The normalized spacial score (nSPS) is 21.1. The minimum Gasteiger partial charge on any atom is -0.489 e. The van der Waals surface area contributed by atoms with E-state index >= 15 is 0 Å². The molecule has 28 heavy (non-hydrogen) atoms. The van der Waals surface area contributed by atoms with Crippen molar-refractivity contribution in [2.45, 2.75) is 45.6 Å². The lowest BCUT2D eigenvalue weighted by atomic mass is 9.70. The quantitative estimate of drug-likeness (QED) is 0.855. The Hall–Kier alpha value is -2.88. The number of carbonyl (C=O) groups excluding carboxylic acids is 2. The highest BCUT2D eigenvalue weighted by molar-refractivity contribution is 6.02. The number of carbonyl (C=O) groups is 2. The van der Waals surface area contributed by atoms with Crippen LogP contribution in [0.1, 0.15) is 50.2 Å². The standard InChI is InChI=1S/C24H25NO3/c1-24(2)13-19-23(20(26)14-24)18(12-22(27)25-19)17-10-6-7-11-21(17)28-15-16-8-4-3-5-9-16/h3-11,18H,12-15H2,1-2H3,(H,25,27)/t18-/m1/s1. The first kappa shape index (κ1) is 18.5. The second kappa shape index (κ2) is 7.27. The van der Waals surface area contributed by atoms with Gasteiger partial charge in [-0.05, 0) is 23.5 Å². The molecule has 0 fully saturated rings. The van der Waals surface area contributed by atoms with Gasteiger partial charge in [-0.15, -0.1) is 0 Å². The molecule has 0 saturated carbocycles. The van der Waals surface area contributed by atoms with E-state index in [1.807, 2.05) is 54.6 Å². The van der Waals surface area contributed by atoms with Gasteiger partial charge in [0, 0.05) is 35.6 Å². The monoisotopic (exact) mass is 375 g/mol. The smallest absolute Gasteiger partial charge is 0.225 e. The maximum atomic E-state index is 13.0. The number of rotatable bonds is 4. The average molecular weight is 375 g/mol. The predicted molar refractivity (Wildman–Crippen MR) is 108 cm³/mol. The molecule has 1 aliphatic heterocycles. The Balaban J connectivity index is 1.68. The maximum absolute atomic E-state index is 13.0. The third-order valence-corrected chi connectivity index (χ3v) is 5.48. The molecule has 144 valence electrons. The van der Waals surface area contributed by atoms with Gasteiger partial charge in [0.05, 0.1) is 0 Å². The van der Waals surface area contributed by atoms with Crippen LogP contribution in [0.3, 0.4) is 0 Å². The highest BCUT2D eigenvalue weighted by Crippen LogP contribution is 2.45. The number of amides is 1. The van der Waals surface area contributed by atoms with E-state index in [-0.39, 0.29) is 29.4 Å². The Kier molecular flexibility index (Phi) is 4.80. The summed E-state index contributed by atoms with van der Waals surface area (Å²) < 4.78 is 6.10. The first-order chi connectivity index (χ1) is 13.4. The van der Waals surface area contributed by atoms with Crippen LogP contribution in [0.5, 0.6) is 5.75 Å². The van der Waals surface area contributed by atoms with E-state index in [4.69, 9.17) is 4.74 Å². The second-order valence-corrected chi connectivity index (χ2v) is 8.45. The molecule has 1 atom stereocenters. The highest BCUT2D eigenvalue weighted by Gasteiger charge is 2.41. The van der Waals surface area contributed by atoms with Crippen LogP contribution in [0.4, 0.5) is 0 Å². The van der Waals surface area contributed by atoms with Gasteiger partial charge in [0.1, 0.15) is 12.4 Å². The Morgan fingerprint density at radius 1 is 1.00 bits per heavy atom. The van der Waals surface area contributed by atoms with Crippen LogP contribution in [-0.2, 0) is 16.2 Å². The second-order valence-electron chi connectivity index (χ2n) is 8.45. The zero-order valence-electron chi connectivity index (χ0n) is 16.3. The van der Waals surface area contributed by atoms with Crippen molar-refractivity contribution in [1.29, 1.82) is 0 Å². The average Bonchev–Trinajstić information content (AvgIpc) is 2.65. The summed E-state index contributed by atoms with van der Waals surface area (Å²) in [4.78, 5) is 25.4. The van der Waals surface area contributed by atoms with Crippen LogP contribution in [0, 0.1) is 5.41 Å². The number of hydrogen-bond acceptors (Lipinski definition) is 3. The molecule has 1 aliphatic carbocycles. The van der Waals surface area contributed by atoms with Gasteiger partial charge in [-0.25, -0.2) is 0 Å². The maximum Gasteiger partial charge on any atom is 0.225 e. The van der Waals surface area contributed by atoms with Gasteiger partial charge in [-0.2, -0.15) is 0 Å². The summed E-state index contributed by atoms with van der Waals surface area (Å²) in [6.07, 6.45) is 1.49. The lowest BCUT2D eigenvalue weighted by molar-refractivity contribution is -0.122. The van der Waals surface area contributed by atoms with E-state index in [1.165, 1.54) is 0 Å². The third-order valence-electron chi connectivity index (χ3n) is 5.48. The number of Topliss-reactive ketones (excluding diaryl/α,β-unsaturated/α-hetero) is 1. The molecule has 1 heterocycles. The number of allylic oxidation sites excluding steroid dienone is 2. The molecule has 2 aromatic rings. The van der Waals surface area contributed by atoms with Gasteiger partial charge < -0.3 is 10.1 Å². The van der Waals surface area contributed by atoms with Crippen LogP contribution in [-0.4, -0.2) is 11.7 Å². The number of para-hydroxylation sites is 1. The van der Waals surface area contributed by atoms with Gasteiger partial charge >= 0.3 is 0 Å². The van der Waals surface area contributed by atoms with E-state index in [9.17, 15) is 9.59 Å². The summed E-state index contributed by atoms with van der Waals surface area (Å²) in [5, 5.41) is 2.96. The van der Waals surface area contributed by atoms with Crippen molar-refractivity contribution in [3.8, 4) is 5.75 Å². The Morgan fingerprint density at radius 2 is 1.71 bits per heavy atom. The van der Waals surface area contributed by atoms with Gasteiger partial charge in [0.15, 0.2) is 5.78 Å². The topological polar surface area (TPSA) is 55.4 Å². The van der Waals surface area contributed by atoms with Crippen LogP contribution < -0.4 is 10.1 Å². The van der Waals surface area contributed by atoms with E-state index in [0.717, 1.165) is 28.1 Å². The first-order valence-corrected chi connectivity index (χ1v) is 9.75. The zero-order valence-corrected chi connectivity index (χ0v) is 16.3. The first-order valence-electron chi connectivity index (χ1n) is 9.75. The molecule has 1 N–H and O–H groups in total. The molecular formula is C24H25NO3. The van der Waals surface area contributed by atoms with Gasteiger partial charge in [-0.1, -0.05) is 62.4 Å². The van der Waals surface area contributed by atoms with Crippen molar-refractivity contribution in [2.24, 2.45) is 5.41 Å². The number of nitrogens with one attached hydrogen (secondary N) is 1. The summed E-state index contributed by atoms with van der Waals surface area (Å²) in [5.74, 6) is 0.580. The van der Waals surface area contributed by atoms with Crippen molar-refractivity contribution in [1.82, 2.24) is 5.32 Å². The summed E-state index contributed by atoms with van der Waals surface area (Å²) in [5.41, 5.74) is 3.41. The molecule has 0 radical (unpaired) electrons. The lowest BCUT2D eigenvalue weighted by Crippen LogP contribution is -2.40. The van der Waals surface area contributed by atoms with E-state index in [0.29, 0.717) is 19.4 Å². The van der Waals surface area contributed by atoms with Crippen molar-refractivity contribution < 1.29 is 14.3 Å². The number of hydrogen-bond donors (Lipinski definition) is 1. The Bertz CT molecular complexity index is 943. The Labute approximate surface area is 165 Å². The fraction of sp³-hybridized carbons (Fsp3) is 0.333. The number of ketones is 1. The summed E-state index contributed by atoms with van der Waals surface area (Å²) >= 11 is 0. The third kappa shape index (κ3) is 3.72. The van der Waals surface area contributed by atoms with E-state index in [1.54, 1.807) is 0 Å². The Morgan fingerprint density at radius 3 is 2.50 bits per heavy atom. The minimum atomic E-state index is -0.251. The molecule has 0 spiro atoms. The van der Waals surface area contributed by atoms with Gasteiger partial charge in [-0.3, -0.25) is 9.59 Å².